The number of rotatable bonds is 7. The van der Waals surface area contributed by atoms with Gasteiger partial charge in [-0.15, -0.1) is 24.0 Å². The van der Waals surface area contributed by atoms with Crippen molar-refractivity contribution in [3.05, 3.63) is 60.1 Å². The number of ether oxygens (including phenoxy) is 1. The smallest absolute Gasteiger partial charge is 0.232 e. The second-order valence-corrected chi connectivity index (χ2v) is 6.56. The summed E-state index contributed by atoms with van der Waals surface area (Å²) in [6.07, 6.45) is 1.64. The van der Waals surface area contributed by atoms with Gasteiger partial charge in [-0.2, -0.15) is 0 Å². The molecule has 7 nitrogen and oxygen atoms in total. The van der Waals surface area contributed by atoms with Crippen LogP contribution in [-0.2, 0) is 16.1 Å². The van der Waals surface area contributed by atoms with Crippen LogP contribution in [0.5, 0.6) is 0 Å². The Bertz CT molecular complexity index is 747. The van der Waals surface area contributed by atoms with E-state index >= 15 is 0 Å². The van der Waals surface area contributed by atoms with E-state index in [-0.39, 0.29) is 35.8 Å². The van der Waals surface area contributed by atoms with Gasteiger partial charge >= 0.3 is 0 Å². The monoisotopic (exact) mass is 512 g/mol. The van der Waals surface area contributed by atoms with E-state index in [1.54, 1.807) is 6.26 Å². The number of furan rings is 1. The van der Waals surface area contributed by atoms with Crippen molar-refractivity contribution < 1.29 is 13.9 Å². The molecule has 0 bridgehead atoms. The van der Waals surface area contributed by atoms with Crippen LogP contribution in [0, 0.1) is 0 Å². The number of nitrogens with one attached hydrogen (secondary N) is 2. The van der Waals surface area contributed by atoms with Gasteiger partial charge in [-0.05, 0) is 24.6 Å². The highest BCUT2D eigenvalue weighted by atomic mass is 127. The second-order valence-electron chi connectivity index (χ2n) is 6.56. The molecule has 1 amide bonds. The number of benzene rings is 1. The molecule has 0 radical (unpaired) electrons. The van der Waals surface area contributed by atoms with E-state index in [2.05, 4.69) is 15.6 Å². The first-order valence-corrected chi connectivity index (χ1v) is 9.74. The van der Waals surface area contributed by atoms with Crippen molar-refractivity contribution in [2.75, 3.05) is 39.4 Å². The van der Waals surface area contributed by atoms with Crippen molar-refractivity contribution in [3.8, 4) is 0 Å². The Kier molecular flexibility index (Phi) is 9.99. The van der Waals surface area contributed by atoms with Crippen molar-refractivity contribution in [2.45, 2.75) is 19.4 Å². The number of morpholine rings is 1. The van der Waals surface area contributed by atoms with E-state index < -0.39 is 0 Å². The highest BCUT2D eigenvalue weighted by Gasteiger charge is 2.27. The molecule has 2 aromatic rings. The zero-order chi connectivity index (χ0) is 19.6. The lowest BCUT2D eigenvalue weighted by Crippen LogP contribution is -2.47. The number of carbonyl (C=O) groups is 1. The predicted molar refractivity (Wildman–Crippen MR) is 124 cm³/mol. The molecular weight excluding hydrogens is 483 g/mol. The highest BCUT2D eigenvalue weighted by molar-refractivity contribution is 14.0. The van der Waals surface area contributed by atoms with Crippen LogP contribution in [0.4, 0.5) is 0 Å². The summed E-state index contributed by atoms with van der Waals surface area (Å²) >= 11 is 0. The standard InChI is InChI=1S/C21H28N4O3.HI/c1-2-22-21(23-15-18-9-6-12-28-18)24-16-19(17-7-4-3-5-8-17)20(26)25-10-13-27-14-11-25;/h3-9,12,19H,2,10-11,13-16H2,1H3,(H2,22,23,24);1H. The van der Waals surface area contributed by atoms with Crippen LogP contribution >= 0.6 is 24.0 Å². The molecule has 3 rings (SSSR count). The minimum absolute atomic E-state index is 0. The zero-order valence-electron chi connectivity index (χ0n) is 16.7. The van der Waals surface area contributed by atoms with Crippen molar-refractivity contribution >= 4 is 35.8 Å². The number of carbonyl (C=O) groups excluding carboxylic acids is 1. The molecule has 1 aromatic carbocycles. The number of aliphatic imine (C=N–C) groups is 1. The van der Waals surface area contributed by atoms with Gasteiger partial charge in [0, 0.05) is 26.2 Å². The van der Waals surface area contributed by atoms with Crippen LogP contribution in [-0.4, -0.2) is 56.2 Å². The fourth-order valence-corrected chi connectivity index (χ4v) is 3.14. The van der Waals surface area contributed by atoms with E-state index in [4.69, 9.17) is 9.15 Å². The summed E-state index contributed by atoms with van der Waals surface area (Å²) < 4.78 is 10.7. The minimum atomic E-state index is -0.285. The lowest BCUT2D eigenvalue weighted by molar-refractivity contribution is -0.136. The van der Waals surface area contributed by atoms with Crippen LogP contribution in [0.25, 0.3) is 0 Å². The third-order valence-electron chi connectivity index (χ3n) is 4.61. The fourth-order valence-electron chi connectivity index (χ4n) is 3.14. The van der Waals surface area contributed by atoms with Crippen molar-refractivity contribution in [2.24, 2.45) is 4.99 Å². The van der Waals surface area contributed by atoms with Gasteiger partial charge in [-0.25, -0.2) is 4.99 Å². The number of amides is 1. The van der Waals surface area contributed by atoms with E-state index in [0.717, 1.165) is 17.9 Å². The summed E-state index contributed by atoms with van der Waals surface area (Å²) in [5.41, 5.74) is 0.994. The first-order chi connectivity index (χ1) is 13.8. The molecule has 0 spiro atoms. The molecular formula is C21H29IN4O3. The quantitative estimate of drug-likeness (QED) is 0.339. The van der Waals surface area contributed by atoms with Crippen LogP contribution in [0.15, 0.2) is 58.1 Å². The molecule has 1 aromatic heterocycles. The Morgan fingerprint density at radius 1 is 1.14 bits per heavy atom. The van der Waals surface area contributed by atoms with Gasteiger partial charge in [-0.1, -0.05) is 30.3 Å². The van der Waals surface area contributed by atoms with E-state index in [9.17, 15) is 4.79 Å². The average Bonchev–Trinajstić information content (AvgIpc) is 3.27. The van der Waals surface area contributed by atoms with Crippen LogP contribution in [0.3, 0.4) is 0 Å². The number of guanidine groups is 1. The fraction of sp³-hybridized carbons (Fsp3) is 0.429. The van der Waals surface area contributed by atoms with Crippen molar-refractivity contribution in [1.29, 1.82) is 0 Å². The molecule has 0 saturated carbocycles. The second kappa shape index (κ2) is 12.5. The number of nitrogens with zero attached hydrogens (tertiary/aromatic N) is 2. The lowest BCUT2D eigenvalue weighted by Gasteiger charge is -2.31. The Hall–Kier alpha value is -2.07. The maximum absolute atomic E-state index is 13.2. The largest absolute Gasteiger partial charge is 0.467 e. The Balaban J connectivity index is 0.00000300. The van der Waals surface area contributed by atoms with Gasteiger partial charge < -0.3 is 24.7 Å². The summed E-state index contributed by atoms with van der Waals surface area (Å²) in [5.74, 6) is 1.28. The zero-order valence-corrected chi connectivity index (χ0v) is 19.0. The van der Waals surface area contributed by atoms with Crippen LogP contribution < -0.4 is 10.6 Å². The van der Waals surface area contributed by atoms with Crippen LogP contribution in [0.1, 0.15) is 24.2 Å². The summed E-state index contributed by atoms with van der Waals surface area (Å²) in [5, 5.41) is 6.54. The molecule has 0 aliphatic carbocycles. The SMILES string of the molecule is CCNC(=NCc1ccco1)NCC(C(=O)N1CCOCC1)c1ccccc1.I. The third-order valence-corrected chi connectivity index (χ3v) is 4.61. The summed E-state index contributed by atoms with van der Waals surface area (Å²) in [6.45, 7) is 6.10. The molecule has 1 saturated heterocycles. The topological polar surface area (TPSA) is 79.1 Å². The summed E-state index contributed by atoms with van der Waals surface area (Å²) in [6, 6.07) is 13.6. The number of hydrogen-bond donors (Lipinski definition) is 2. The maximum Gasteiger partial charge on any atom is 0.232 e. The van der Waals surface area contributed by atoms with E-state index in [1.807, 2.05) is 54.3 Å². The van der Waals surface area contributed by atoms with E-state index in [1.165, 1.54) is 0 Å². The Labute approximate surface area is 188 Å². The molecule has 2 heterocycles. The molecule has 1 fully saturated rings. The van der Waals surface area contributed by atoms with Gasteiger partial charge in [-0.3, -0.25) is 4.79 Å². The first-order valence-electron chi connectivity index (χ1n) is 9.74. The number of halogens is 1. The predicted octanol–water partition coefficient (Wildman–Crippen LogP) is 2.60. The molecule has 158 valence electrons. The number of hydrogen-bond acceptors (Lipinski definition) is 4. The normalized spacial score (nSPS) is 15.3. The van der Waals surface area contributed by atoms with Gasteiger partial charge in [0.25, 0.3) is 0 Å². The van der Waals surface area contributed by atoms with E-state index in [0.29, 0.717) is 45.4 Å². The van der Waals surface area contributed by atoms with Gasteiger partial charge in [0.05, 0.1) is 25.4 Å². The molecule has 1 atom stereocenters. The Morgan fingerprint density at radius 2 is 1.90 bits per heavy atom. The Morgan fingerprint density at radius 3 is 2.55 bits per heavy atom. The molecule has 8 heteroatoms. The lowest BCUT2D eigenvalue weighted by atomic mass is 9.97. The minimum Gasteiger partial charge on any atom is -0.467 e. The molecule has 1 aliphatic heterocycles. The summed E-state index contributed by atoms with van der Waals surface area (Å²) in [4.78, 5) is 19.6. The van der Waals surface area contributed by atoms with Gasteiger partial charge in [0.1, 0.15) is 12.3 Å². The summed E-state index contributed by atoms with van der Waals surface area (Å²) in [7, 11) is 0. The highest BCUT2D eigenvalue weighted by Crippen LogP contribution is 2.19. The van der Waals surface area contributed by atoms with Crippen LogP contribution in [0.2, 0.25) is 0 Å². The average molecular weight is 512 g/mol. The van der Waals surface area contributed by atoms with Crippen molar-refractivity contribution in [1.82, 2.24) is 15.5 Å². The molecule has 29 heavy (non-hydrogen) atoms. The first kappa shape index (κ1) is 23.2. The van der Waals surface area contributed by atoms with Gasteiger partial charge in [0.15, 0.2) is 5.96 Å². The maximum atomic E-state index is 13.2. The molecule has 1 unspecified atom stereocenters. The van der Waals surface area contributed by atoms with Gasteiger partial charge in [0.2, 0.25) is 5.91 Å². The third kappa shape index (κ3) is 7.04. The molecule has 1 aliphatic rings. The molecule has 2 N–H and O–H groups in total. The van der Waals surface area contributed by atoms with Crippen molar-refractivity contribution in [3.63, 3.8) is 0 Å².